The number of nitrogens with zero attached hydrogens (tertiary/aromatic N) is 3. The molecule has 3 aromatic rings. The molecular formula is C26H26FN3O3. The molecule has 0 radical (unpaired) electrons. The molecule has 6 nitrogen and oxygen atoms in total. The highest BCUT2D eigenvalue weighted by Crippen LogP contribution is 2.42. The molecule has 0 unspecified atom stereocenters. The van der Waals surface area contributed by atoms with E-state index in [1.807, 2.05) is 47.7 Å². The molecule has 0 aliphatic carbocycles. The third-order valence-corrected chi connectivity index (χ3v) is 6.57. The maximum absolute atomic E-state index is 13.5. The Balaban J connectivity index is 1.47. The van der Waals surface area contributed by atoms with E-state index in [4.69, 9.17) is 9.47 Å². The summed E-state index contributed by atoms with van der Waals surface area (Å²) in [5, 5.41) is 0. The van der Waals surface area contributed by atoms with Crippen LogP contribution in [0, 0.1) is 12.7 Å². The van der Waals surface area contributed by atoms with Crippen LogP contribution in [-0.2, 0) is 9.53 Å². The number of carbonyl (C=O) groups excluding carboxylic acids is 1. The van der Waals surface area contributed by atoms with E-state index in [-0.39, 0.29) is 29.9 Å². The van der Waals surface area contributed by atoms with E-state index in [9.17, 15) is 9.18 Å². The fraction of sp³-hybridized carbons (Fsp3) is 0.308. The highest BCUT2D eigenvalue weighted by Gasteiger charge is 2.46. The van der Waals surface area contributed by atoms with Gasteiger partial charge in [0, 0.05) is 12.4 Å². The van der Waals surface area contributed by atoms with Gasteiger partial charge in [0.15, 0.2) is 5.76 Å². The largest absolute Gasteiger partial charge is 0.495 e. The first-order chi connectivity index (χ1) is 16.0. The van der Waals surface area contributed by atoms with Crippen molar-refractivity contribution in [1.82, 2.24) is 14.5 Å². The Hall–Kier alpha value is -3.61. The van der Waals surface area contributed by atoms with Crippen molar-refractivity contribution in [3.8, 4) is 11.4 Å². The lowest BCUT2D eigenvalue weighted by Gasteiger charge is -2.39. The number of rotatable bonds is 4. The molecule has 0 spiro atoms. The summed E-state index contributed by atoms with van der Waals surface area (Å²) < 4.78 is 27.1. The quantitative estimate of drug-likeness (QED) is 0.538. The lowest BCUT2D eigenvalue weighted by atomic mass is 10.0. The molecule has 7 heteroatoms. The van der Waals surface area contributed by atoms with Gasteiger partial charge in [-0.2, -0.15) is 0 Å². The number of ether oxygens (including phenoxy) is 2. The summed E-state index contributed by atoms with van der Waals surface area (Å²) in [6, 6.07) is 12.1. The molecule has 1 aromatic heterocycles. The van der Waals surface area contributed by atoms with Crippen molar-refractivity contribution in [1.29, 1.82) is 0 Å². The summed E-state index contributed by atoms with van der Waals surface area (Å²) >= 11 is 0. The number of halogens is 1. The van der Waals surface area contributed by atoms with E-state index in [0.29, 0.717) is 11.5 Å². The van der Waals surface area contributed by atoms with Crippen LogP contribution in [0.15, 0.2) is 60.6 Å². The highest BCUT2D eigenvalue weighted by molar-refractivity contribution is 5.97. The molecule has 2 fully saturated rings. The first-order valence-corrected chi connectivity index (χ1v) is 11.1. The van der Waals surface area contributed by atoms with Crippen LogP contribution in [0.2, 0.25) is 0 Å². The first-order valence-electron chi connectivity index (χ1n) is 11.1. The number of aryl methyl sites for hydroxylation is 1. The Labute approximate surface area is 192 Å². The Bertz CT molecular complexity index is 1220. The Morgan fingerprint density at radius 1 is 1.18 bits per heavy atom. The first kappa shape index (κ1) is 21.2. The van der Waals surface area contributed by atoms with Gasteiger partial charge in [-0.1, -0.05) is 18.2 Å². The van der Waals surface area contributed by atoms with Gasteiger partial charge in [0.25, 0.3) is 5.91 Å². The number of fused-ring (bicyclic) bond motifs is 1. The van der Waals surface area contributed by atoms with Crippen LogP contribution in [-0.4, -0.2) is 39.6 Å². The monoisotopic (exact) mass is 447 g/mol. The second-order valence-electron chi connectivity index (χ2n) is 8.53. The highest BCUT2D eigenvalue weighted by atomic mass is 19.1. The van der Waals surface area contributed by atoms with Gasteiger partial charge in [0.2, 0.25) is 0 Å². The lowest BCUT2D eigenvalue weighted by molar-refractivity contribution is -0.144. The molecule has 2 aliphatic rings. The fourth-order valence-electron chi connectivity index (χ4n) is 4.92. The molecule has 5 rings (SSSR count). The normalized spacial score (nSPS) is 23.5. The predicted octanol–water partition coefficient (Wildman–Crippen LogP) is 4.82. The minimum atomic E-state index is -0.279. The number of hydrogen-bond donors (Lipinski definition) is 0. The molecule has 33 heavy (non-hydrogen) atoms. The Morgan fingerprint density at radius 2 is 1.97 bits per heavy atom. The van der Waals surface area contributed by atoms with Crippen LogP contribution in [0.1, 0.15) is 42.8 Å². The van der Waals surface area contributed by atoms with E-state index in [0.717, 1.165) is 35.5 Å². The summed E-state index contributed by atoms with van der Waals surface area (Å²) in [5.41, 5.74) is 2.62. The maximum atomic E-state index is 13.5. The summed E-state index contributed by atoms with van der Waals surface area (Å²) in [7, 11) is 1.62. The molecule has 0 saturated carbocycles. The molecule has 170 valence electrons. The van der Waals surface area contributed by atoms with Crippen LogP contribution in [0.25, 0.3) is 11.8 Å². The molecular weight excluding hydrogens is 421 g/mol. The molecule has 3 heterocycles. The van der Waals surface area contributed by atoms with Gasteiger partial charge < -0.3 is 18.9 Å². The number of methoxy groups -OCH3 is 1. The number of carbonyl (C=O) groups is 1. The van der Waals surface area contributed by atoms with E-state index >= 15 is 0 Å². The zero-order valence-corrected chi connectivity index (χ0v) is 18.9. The van der Waals surface area contributed by atoms with Gasteiger partial charge in [-0.05, 0) is 68.2 Å². The molecule has 2 saturated heterocycles. The van der Waals surface area contributed by atoms with Crippen LogP contribution < -0.4 is 4.74 Å². The average molecular weight is 448 g/mol. The predicted molar refractivity (Wildman–Crippen MR) is 122 cm³/mol. The van der Waals surface area contributed by atoms with E-state index < -0.39 is 0 Å². The SMILES string of the molecule is COc1cc(/C=C2\O[C@@H](C)[C@H]3CC[C@@H](c4ccc(F)cc4)N3C2=O)ccc1-n1ccnc1C. The average Bonchev–Trinajstić information content (AvgIpc) is 3.45. The van der Waals surface area contributed by atoms with E-state index in [1.165, 1.54) is 12.1 Å². The van der Waals surface area contributed by atoms with Crippen LogP contribution in [0.5, 0.6) is 5.75 Å². The van der Waals surface area contributed by atoms with Gasteiger partial charge in [-0.3, -0.25) is 4.79 Å². The number of benzene rings is 2. The van der Waals surface area contributed by atoms with Gasteiger partial charge in [0.05, 0.1) is 24.9 Å². The smallest absolute Gasteiger partial charge is 0.289 e. The minimum absolute atomic E-state index is 0.00540. The molecule has 3 atom stereocenters. The Kier molecular flexibility index (Phi) is 5.40. The number of imidazole rings is 1. The van der Waals surface area contributed by atoms with Gasteiger partial charge in [0.1, 0.15) is 23.5 Å². The van der Waals surface area contributed by atoms with Gasteiger partial charge in [-0.15, -0.1) is 0 Å². The van der Waals surface area contributed by atoms with Crippen molar-refractivity contribution in [2.45, 2.75) is 44.9 Å². The second-order valence-corrected chi connectivity index (χ2v) is 8.53. The lowest BCUT2D eigenvalue weighted by Crippen LogP contribution is -2.49. The summed E-state index contributed by atoms with van der Waals surface area (Å²) in [4.78, 5) is 19.7. The van der Waals surface area contributed by atoms with E-state index in [2.05, 4.69) is 4.98 Å². The molecule has 0 N–H and O–H groups in total. The topological polar surface area (TPSA) is 56.6 Å². The van der Waals surface area contributed by atoms with Crippen LogP contribution >= 0.6 is 0 Å². The zero-order valence-electron chi connectivity index (χ0n) is 18.9. The van der Waals surface area contributed by atoms with Crippen molar-refractivity contribution in [2.24, 2.45) is 0 Å². The minimum Gasteiger partial charge on any atom is -0.495 e. The number of aromatic nitrogens is 2. The van der Waals surface area contributed by atoms with Crippen molar-refractivity contribution < 1.29 is 18.7 Å². The van der Waals surface area contributed by atoms with Crippen molar-refractivity contribution in [2.75, 3.05) is 7.11 Å². The van der Waals surface area contributed by atoms with E-state index in [1.54, 1.807) is 31.5 Å². The third kappa shape index (κ3) is 3.77. The molecule has 1 amide bonds. The Morgan fingerprint density at radius 3 is 2.67 bits per heavy atom. The van der Waals surface area contributed by atoms with Crippen molar-refractivity contribution >= 4 is 12.0 Å². The van der Waals surface area contributed by atoms with Gasteiger partial charge in [-0.25, -0.2) is 9.37 Å². The summed E-state index contributed by atoms with van der Waals surface area (Å²) in [6.07, 6.45) is 6.94. The zero-order chi connectivity index (χ0) is 23.1. The molecule has 2 aromatic carbocycles. The molecule has 0 bridgehead atoms. The standard InChI is InChI=1S/C26H26FN3O3/c1-16-21-10-11-22(19-5-7-20(27)8-6-19)30(21)26(31)25(33-16)15-18-4-9-23(24(14-18)32-3)29-13-12-28-17(29)2/h4-9,12-16,21-22H,10-11H2,1-3H3/b25-15-/t16-,21+,22-/m0/s1. The van der Waals surface area contributed by atoms with Crippen LogP contribution in [0.3, 0.4) is 0 Å². The number of morpholine rings is 1. The maximum Gasteiger partial charge on any atom is 0.289 e. The number of hydrogen-bond acceptors (Lipinski definition) is 4. The summed E-state index contributed by atoms with van der Waals surface area (Å²) in [5.74, 6) is 1.41. The van der Waals surface area contributed by atoms with Crippen molar-refractivity contribution in [3.63, 3.8) is 0 Å². The van der Waals surface area contributed by atoms with Gasteiger partial charge >= 0.3 is 0 Å². The summed E-state index contributed by atoms with van der Waals surface area (Å²) in [6.45, 7) is 3.92. The number of amides is 1. The second kappa shape index (κ2) is 8.39. The van der Waals surface area contributed by atoms with Crippen molar-refractivity contribution in [3.05, 3.63) is 83.4 Å². The van der Waals surface area contributed by atoms with Crippen LogP contribution in [0.4, 0.5) is 4.39 Å². The third-order valence-electron chi connectivity index (χ3n) is 6.57. The fourth-order valence-corrected chi connectivity index (χ4v) is 4.92. The molecule has 2 aliphatic heterocycles.